The highest BCUT2D eigenvalue weighted by Gasteiger charge is 2.21. The molecule has 1 aliphatic heterocycles. The number of amides is 3. The zero-order valence-electron chi connectivity index (χ0n) is 14.5. The third-order valence-corrected chi connectivity index (χ3v) is 3.90. The van der Waals surface area contributed by atoms with Crippen LogP contribution in [0.15, 0.2) is 24.3 Å². The van der Waals surface area contributed by atoms with Gasteiger partial charge in [0.25, 0.3) is 5.91 Å². The van der Waals surface area contributed by atoms with Crippen LogP contribution in [-0.2, 0) is 16.1 Å². The summed E-state index contributed by atoms with van der Waals surface area (Å²) in [5.41, 5.74) is 1.45. The lowest BCUT2D eigenvalue weighted by atomic mass is 10.1. The van der Waals surface area contributed by atoms with Crippen molar-refractivity contribution < 1.29 is 14.4 Å². The lowest BCUT2D eigenvalue weighted by Gasteiger charge is -2.19. The van der Waals surface area contributed by atoms with Gasteiger partial charge in [-0.15, -0.1) is 0 Å². The molecule has 1 aromatic rings. The Hall–Kier alpha value is -2.37. The van der Waals surface area contributed by atoms with Crippen molar-refractivity contribution in [1.29, 1.82) is 0 Å². The lowest BCUT2D eigenvalue weighted by Crippen LogP contribution is -2.40. The molecule has 0 saturated carbocycles. The minimum atomic E-state index is -0.205. The molecule has 1 aliphatic rings. The molecule has 1 aromatic carbocycles. The Morgan fingerprint density at radius 1 is 1.33 bits per heavy atom. The second kappa shape index (κ2) is 7.95. The third-order valence-electron chi connectivity index (χ3n) is 3.90. The fraction of sp³-hybridized carbons (Fsp3) is 0.500. The van der Waals surface area contributed by atoms with Gasteiger partial charge in [-0.25, -0.2) is 0 Å². The van der Waals surface area contributed by atoms with Gasteiger partial charge in [-0.05, 0) is 38.0 Å². The molecule has 0 aliphatic carbocycles. The summed E-state index contributed by atoms with van der Waals surface area (Å²) in [6.07, 6.45) is 1.50. The molecule has 1 fully saturated rings. The molecular formula is C18H25N3O3. The van der Waals surface area contributed by atoms with E-state index in [2.05, 4.69) is 5.32 Å². The fourth-order valence-corrected chi connectivity index (χ4v) is 2.77. The van der Waals surface area contributed by atoms with Crippen molar-refractivity contribution >= 4 is 17.7 Å². The number of rotatable bonds is 6. The summed E-state index contributed by atoms with van der Waals surface area (Å²) in [6, 6.07) is 7.29. The van der Waals surface area contributed by atoms with Crippen molar-refractivity contribution in [1.82, 2.24) is 15.1 Å². The van der Waals surface area contributed by atoms with Crippen LogP contribution in [0.5, 0.6) is 0 Å². The highest BCUT2D eigenvalue weighted by atomic mass is 16.2. The van der Waals surface area contributed by atoms with E-state index in [-0.39, 0.29) is 30.3 Å². The standard InChI is InChI=1S/C18H25N3O3/c1-13(2)19-16(22)12-20(3)18(24)15-7-4-6-14(10-15)11-21-9-5-8-17(21)23/h4,6-7,10,13H,5,8-9,11-12H2,1-3H3,(H,19,22). The third kappa shape index (κ3) is 4.81. The number of nitrogens with zero attached hydrogens (tertiary/aromatic N) is 2. The van der Waals surface area contributed by atoms with E-state index < -0.39 is 0 Å². The van der Waals surface area contributed by atoms with Crippen LogP contribution in [0.25, 0.3) is 0 Å². The maximum atomic E-state index is 12.5. The minimum absolute atomic E-state index is 0.0197. The van der Waals surface area contributed by atoms with E-state index in [0.29, 0.717) is 18.5 Å². The van der Waals surface area contributed by atoms with E-state index in [1.165, 1.54) is 4.90 Å². The molecule has 6 heteroatoms. The number of carbonyl (C=O) groups excluding carboxylic acids is 3. The highest BCUT2D eigenvalue weighted by Crippen LogP contribution is 2.15. The molecule has 0 bridgehead atoms. The Balaban J connectivity index is 2.00. The van der Waals surface area contributed by atoms with Crippen molar-refractivity contribution in [2.24, 2.45) is 0 Å². The normalized spacial score (nSPS) is 14.2. The Morgan fingerprint density at radius 3 is 2.71 bits per heavy atom. The minimum Gasteiger partial charge on any atom is -0.352 e. The first-order chi connectivity index (χ1) is 11.4. The summed E-state index contributed by atoms with van der Waals surface area (Å²) in [6.45, 7) is 5.07. The summed E-state index contributed by atoms with van der Waals surface area (Å²) in [5.74, 6) is -0.225. The van der Waals surface area contributed by atoms with Gasteiger partial charge in [0.05, 0.1) is 6.54 Å². The molecule has 0 aromatic heterocycles. The molecule has 0 unspecified atom stereocenters. The summed E-state index contributed by atoms with van der Waals surface area (Å²) >= 11 is 0. The average molecular weight is 331 g/mol. The largest absolute Gasteiger partial charge is 0.352 e. The van der Waals surface area contributed by atoms with E-state index in [1.807, 2.05) is 30.9 Å². The van der Waals surface area contributed by atoms with Gasteiger partial charge in [-0.2, -0.15) is 0 Å². The van der Waals surface area contributed by atoms with Crippen LogP contribution in [0.2, 0.25) is 0 Å². The predicted molar refractivity (Wildman–Crippen MR) is 91.3 cm³/mol. The second-order valence-electron chi connectivity index (χ2n) is 6.50. The molecule has 6 nitrogen and oxygen atoms in total. The Labute approximate surface area is 142 Å². The maximum absolute atomic E-state index is 12.5. The number of carbonyl (C=O) groups is 3. The number of hydrogen-bond acceptors (Lipinski definition) is 3. The van der Waals surface area contributed by atoms with Gasteiger partial charge in [-0.3, -0.25) is 14.4 Å². The van der Waals surface area contributed by atoms with Gasteiger partial charge < -0.3 is 15.1 Å². The van der Waals surface area contributed by atoms with E-state index in [0.717, 1.165) is 18.5 Å². The van der Waals surface area contributed by atoms with Gasteiger partial charge >= 0.3 is 0 Å². The first-order valence-electron chi connectivity index (χ1n) is 8.28. The molecule has 3 amide bonds. The topological polar surface area (TPSA) is 69.7 Å². The van der Waals surface area contributed by atoms with Crippen molar-refractivity contribution in [3.63, 3.8) is 0 Å². The van der Waals surface area contributed by atoms with Gasteiger partial charge in [-0.1, -0.05) is 12.1 Å². The highest BCUT2D eigenvalue weighted by molar-refractivity contribution is 5.96. The summed E-state index contributed by atoms with van der Waals surface area (Å²) in [5, 5.41) is 2.77. The van der Waals surface area contributed by atoms with E-state index in [4.69, 9.17) is 0 Å². The van der Waals surface area contributed by atoms with Crippen LogP contribution in [-0.4, -0.2) is 53.7 Å². The van der Waals surface area contributed by atoms with Crippen molar-refractivity contribution in [2.75, 3.05) is 20.1 Å². The molecule has 0 spiro atoms. The average Bonchev–Trinajstić information content (AvgIpc) is 2.91. The zero-order valence-corrected chi connectivity index (χ0v) is 14.5. The Bertz CT molecular complexity index is 628. The van der Waals surface area contributed by atoms with Crippen LogP contribution in [0.4, 0.5) is 0 Å². The molecule has 1 N–H and O–H groups in total. The van der Waals surface area contributed by atoms with Crippen molar-refractivity contribution in [3.05, 3.63) is 35.4 Å². The molecule has 0 radical (unpaired) electrons. The number of nitrogens with one attached hydrogen (secondary N) is 1. The van der Waals surface area contributed by atoms with Crippen LogP contribution < -0.4 is 5.32 Å². The summed E-state index contributed by atoms with van der Waals surface area (Å²) in [4.78, 5) is 39.2. The van der Waals surface area contributed by atoms with Crippen LogP contribution in [0, 0.1) is 0 Å². The zero-order chi connectivity index (χ0) is 17.7. The van der Waals surface area contributed by atoms with Gasteiger partial charge in [0.1, 0.15) is 0 Å². The molecule has 2 rings (SSSR count). The van der Waals surface area contributed by atoms with Crippen LogP contribution in [0.3, 0.4) is 0 Å². The Kier molecular flexibility index (Phi) is 5.95. The number of likely N-dealkylation sites (tertiary alicyclic amines) is 1. The molecule has 0 atom stereocenters. The fourth-order valence-electron chi connectivity index (χ4n) is 2.77. The smallest absolute Gasteiger partial charge is 0.254 e. The first kappa shape index (κ1) is 18.0. The second-order valence-corrected chi connectivity index (χ2v) is 6.50. The molecule has 24 heavy (non-hydrogen) atoms. The first-order valence-corrected chi connectivity index (χ1v) is 8.28. The molecule has 1 saturated heterocycles. The van der Waals surface area contributed by atoms with Gasteiger partial charge in [0.15, 0.2) is 0 Å². The van der Waals surface area contributed by atoms with Crippen molar-refractivity contribution in [3.8, 4) is 0 Å². The summed E-state index contributed by atoms with van der Waals surface area (Å²) < 4.78 is 0. The Morgan fingerprint density at radius 2 is 2.08 bits per heavy atom. The maximum Gasteiger partial charge on any atom is 0.254 e. The molecule has 1 heterocycles. The number of hydrogen-bond donors (Lipinski definition) is 1. The number of benzene rings is 1. The monoisotopic (exact) mass is 331 g/mol. The summed E-state index contributed by atoms with van der Waals surface area (Å²) in [7, 11) is 1.61. The van der Waals surface area contributed by atoms with Crippen LogP contribution >= 0.6 is 0 Å². The van der Waals surface area contributed by atoms with E-state index in [9.17, 15) is 14.4 Å². The van der Waals surface area contributed by atoms with Gasteiger partial charge in [0.2, 0.25) is 11.8 Å². The van der Waals surface area contributed by atoms with Gasteiger partial charge in [0, 0.05) is 38.2 Å². The quantitative estimate of drug-likeness (QED) is 0.857. The lowest BCUT2D eigenvalue weighted by molar-refractivity contribution is -0.128. The SMILES string of the molecule is CC(C)NC(=O)CN(C)C(=O)c1cccc(CN2CCCC2=O)c1. The van der Waals surface area contributed by atoms with Crippen molar-refractivity contribution in [2.45, 2.75) is 39.3 Å². The van der Waals surface area contributed by atoms with Crippen LogP contribution in [0.1, 0.15) is 42.6 Å². The molecule has 130 valence electrons. The van der Waals surface area contributed by atoms with E-state index >= 15 is 0 Å². The molecular weight excluding hydrogens is 306 g/mol. The predicted octanol–water partition coefficient (Wildman–Crippen LogP) is 1.41. The van der Waals surface area contributed by atoms with E-state index in [1.54, 1.807) is 19.2 Å². The number of likely N-dealkylation sites (N-methyl/N-ethyl adjacent to an activating group) is 1.